The number of rotatable bonds is 6. The van der Waals surface area contributed by atoms with Gasteiger partial charge in [-0.2, -0.15) is 0 Å². The van der Waals surface area contributed by atoms with E-state index >= 15 is 0 Å². The zero-order valence-corrected chi connectivity index (χ0v) is 11.2. The minimum absolute atomic E-state index is 0.0374. The summed E-state index contributed by atoms with van der Waals surface area (Å²) in [6.07, 6.45) is 0. The van der Waals surface area contributed by atoms with Crippen molar-refractivity contribution < 1.29 is 18.0 Å². The van der Waals surface area contributed by atoms with Gasteiger partial charge in [-0.15, -0.1) is 0 Å². The third kappa shape index (κ3) is 5.22. The van der Waals surface area contributed by atoms with Gasteiger partial charge in [0, 0.05) is 0 Å². The Bertz CT molecular complexity index is 584. The number of hydrogen-bond donors (Lipinski definition) is 5. The van der Waals surface area contributed by atoms with Crippen LogP contribution < -0.4 is 27.0 Å². The lowest BCUT2D eigenvalue weighted by Crippen LogP contribution is -2.41. The summed E-state index contributed by atoms with van der Waals surface area (Å²) in [5, 5.41) is 7.23. The van der Waals surface area contributed by atoms with Crippen molar-refractivity contribution in [2.45, 2.75) is 4.90 Å². The molecular formula is C10H15N5O4S. The highest BCUT2D eigenvalue weighted by Gasteiger charge is 2.07. The molecule has 0 aliphatic heterocycles. The normalized spacial score (nSPS) is 10.7. The topological polar surface area (TPSA) is 156 Å². The zero-order valence-electron chi connectivity index (χ0n) is 10.4. The Balaban J connectivity index is 2.46. The molecule has 0 spiro atoms. The Morgan fingerprint density at radius 3 is 2.20 bits per heavy atom. The molecule has 0 heterocycles. The standard InChI is InChI=1S/C10H15N5O4S/c11-5-9(16)13-6-10(17)15-14-7-1-3-8(4-2-7)20(12,18)19/h1-4,14H,5-6,11H2,(H,13,16)(H,15,17)(H2,12,18,19). The first kappa shape index (κ1) is 15.9. The Kier molecular flexibility index (Phi) is 5.43. The Labute approximate surface area is 115 Å². The molecule has 9 nitrogen and oxygen atoms in total. The van der Waals surface area contributed by atoms with Crippen LogP contribution in [0.4, 0.5) is 5.69 Å². The lowest BCUT2D eigenvalue weighted by atomic mass is 10.3. The van der Waals surface area contributed by atoms with Crippen LogP contribution in [0.5, 0.6) is 0 Å². The van der Waals surface area contributed by atoms with Gasteiger partial charge in [0.25, 0.3) is 5.91 Å². The maximum Gasteiger partial charge on any atom is 0.257 e. The molecule has 0 bridgehead atoms. The molecule has 1 aromatic rings. The van der Waals surface area contributed by atoms with Crippen molar-refractivity contribution in [3.8, 4) is 0 Å². The van der Waals surface area contributed by atoms with Gasteiger partial charge in [-0.25, -0.2) is 13.6 Å². The van der Waals surface area contributed by atoms with Crippen LogP contribution in [-0.2, 0) is 19.6 Å². The predicted molar refractivity (Wildman–Crippen MR) is 71.6 cm³/mol. The molecule has 7 N–H and O–H groups in total. The Morgan fingerprint density at radius 2 is 1.70 bits per heavy atom. The average molecular weight is 301 g/mol. The lowest BCUT2D eigenvalue weighted by molar-refractivity contribution is -0.125. The van der Waals surface area contributed by atoms with E-state index in [0.717, 1.165) is 0 Å². The molecule has 0 aliphatic rings. The molecule has 1 aromatic carbocycles. The number of primary sulfonamides is 1. The van der Waals surface area contributed by atoms with Crippen molar-refractivity contribution >= 4 is 27.5 Å². The molecule has 10 heteroatoms. The second-order valence-corrected chi connectivity index (χ2v) is 5.28. The van der Waals surface area contributed by atoms with Gasteiger partial charge in [0.2, 0.25) is 15.9 Å². The average Bonchev–Trinajstić information content (AvgIpc) is 2.41. The van der Waals surface area contributed by atoms with Gasteiger partial charge in [-0.05, 0) is 24.3 Å². The van der Waals surface area contributed by atoms with E-state index in [1.807, 2.05) is 0 Å². The monoisotopic (exact) mass is 301 g/mol. The molecule has 0 saturated carbocycles. The number of amides is 2. The molecule has 0 radical (unpaired) electrons. The van der Waals surface area contributed by atoms with Crippen molar-refractivity contribution in [3.05, 3.63) is 24.3 Å². The number of carbonyl (C=O) groups excluding carboxylic acids is 2. The van der Waals surface area contributed by atoms with Gasteiger partial charge in [0.15, 0.2) is 0 Å². The van der Waals surface area contributed by atoms with E-state index < -0.39 is 21.8 Å². The summed E-state index contributed by atoms with van der Waals surface area (Å²) in [5.74, 6) is -0.931. The zero-order chi connectivity index (χ0) is 15.2. The highest BCUT2D eigenvalue weighted by molar-refractivity contribution is 7.89. The van der Waals surface area contributed by atoms with Crippen LogP contribution in [0.15, 0.2) is 29.2 Å². The molecule has 20 heavy (non-hydrogen) atoms. The molecule has 0 aromatic heterocycles. The molecule has 0 aliphatic carbocycles. The first-order valence-corrected chi connectivity index (χ1v) is 7.02. The summed E-state index contributed by atoms with van der Waals surface area (Å²) < 4.78 is 22.0. The quantitative estimate of drug-likeness (QED) is 0.377. The van der Waals surface area contributed by atoms with Crippen LogP contribution in [0.3, 0.4) is 0 Å². The molecule has 2 amide bonds. The number of benzene rings is 1. The summed E-state index contributed by atoms with van der Waals surface area (Å²) in [5.41, 5.74) is 10.4. The van der Waals surface area contributed by atoms with Gasteiger partial charge in [0.1, 0.15) is 0 Å². The van der Waals surface area contributed by atoms with E-state index in [0.29, 0.717) is 5.69 Å². The fraction of sp³-hybridized carbons (Fsp3) is 0.200. The third-order valence-corrected chi connectivity index (χ3v) is 3.09. The fourth-order valence-corrected chi connectivity index (χ4v) is 1.68. The number of hydrazine groups is 1. The molecule has 0 saturated heterocycles. The van der Waals surface area contributed by atoms with E-state index in [1.54, 1.807) is 0 Å². The van der Waals surface area contributed by atoms with Crippen molar-refractivity contribution in [2.75, 3.05) is 18.5 Å². The summed E-state index contributed by atoms with van der Waals surface area (Å²) in [6, 6.07) is 5.44. The second kappa shape index (κ2) is 6.84. The minimum atomic E-state index is -3.75. The molecule has 0 fully saturated rings. The molecule has 1 rings (SSSR count). The number of sulfonamides is 1. The first-order chi connectivity index (χ1) is 9.32. The first-order valence-electron chi connectivity index (χ1n) is 5.47. The Morgan fingerprint density at radius 1 is 1.10 bits per heavy atom. The van der Waals surface area contributed by atoms with Crippen molar-refractivity contribution in [3.63, 3.8) is 0 Å². The van der Waals surface area contributed by atoms with Crippen molar-refractivity contribution in [1.82, 2.24) is 10.7 Å². The van der Waals surface area contributed by atoms with E-state index in [2.05, 4.69) is 16.2 Å². The number of nitrogens with one attached hydrogen (secondary N) is 3. The van der Waals surface area contributed by atoms with E-state index in [4.69, 9.17) is 10.9 Å². The van der Waals surface area contributed by atoms with E-state index in [1.165, 1.54) is 24.3 Å². The van der Waals surface area contributed by atoms with Gasteiger partial charge < -0.3 is 11.1 Å². The van der Waals surface area contributed by atoms with Crippen LogP contribution in [0.1, 0.15) is 0 Å². The number of hydrogen-bond acceptors (Lipinski definition) is 6. The Hall–Kier alpha value is -2.17. The maximum absolute atomic E-state index is 11.3. The molecular weight excluding hydrogens is 286 g/mol. The highest BCUT2D eigenvalue weighted by Crippen LogP contribution is 2.11. The van der Waals surface area contributed by atoms with Crippen LogP contribution in [0.2, 0.25) is 0 Å². The van der Waals surface area contributed by atoms with Gasteiger partial charge in [-0.3, -0.25) is 20.4 Å². The second-order valence-electron chi connectivity index (χ2n) is 3.72. The summed E-state index contributed by atoms with van der Waals surface area (Å²) in [4.78, 5) is 22.1. The maximum atomic E-state index is 11.3. The van der Waals surface area contributed by atoms with Crippen molar-refractivity contribution in [2.24, 2.45) is 10.9 Å². The molecule has 0 atom stereocenters. The fourth-order valence-electron chi connectivity index (χ4n) is 1.17. The van der Waals surface area contributed by atoms with Gasteiger partial charge in [-0.1, -0.05) is 0 Å². The summed E-state index contributed by atoms with van der Waals surface area (Å²) in [6.45, 7) is -0.423. The van der Waals surface area contributed by atoms with Crippen molar-refractivity contribution in [1.29, 1.82) is 0 Å². The van der Waals surface area contributed by atoms with Crippen LogP contribution in [0, 0.1) is 0 Å². The lowest BCUT2D eigenvalue weighted by Gasteiger charge is -2.09. The number of nitrogens with two attached hydrogens (primary N) is 2. The summed E-state index contributed by atoms with van der Waals surface area (Å²) in [7, 11) is -3.75. The molecule has 110 valence electrons. The predicted octanol–water partition coefficient (Wildman–Crippen LogP) is -2.15. The van der Waals surface area contributed by atoms with Gasteiger partial charge >= 0.3 is 0 Å². The largest absolute Gasteiger partial charge is 0.346 e. The molecule has 0 unspecified atom stereocenters. The summed E-state index contributed by atoms with van der Waals surface area (Å²) >= 11 is 0. The number of anilines is 1. The van der Waals surface area contributed by atoms with E-state index in [-0.39, 0.29) is 18.0 Å². The smallest absolute Gasteiger partial charge is 0.257 e. The van der Waals surface area contributed by atoms with Crippen LogP contribution in [0.25, 0.3) is 0 Å². The number of carbonyl (C=O) groups is 2. The van der Waals surface area contributed by atoms with Crippen LogP contribution >= 0.6 is 0 Å². The third-order valence-electron chi connectivity index (χ3n) is 2.16. The van der Waals surface area contributed by atoms with Gasteiger partial charge in [0.05, 0.1) is 23.7 Å². The minimum Gasteiger partial charge on any atom is -0.346 e. The van der Waals surface area contributed by atoms with Crippen LogP contribution in [-0.4, -0.2) is 33.3 Å². The van der Waals surface area contributed by atoms with E-state index in [9.17, 15) is 18.0 Å². The highest BCUT2D eigenvalue weighted by atomic mass is 32.2. The SMILES string of the molecule is NCC(=O)NCC(=O)NNc1ccc(S(N)(=O)=O)cc1.